The summed E-state index contributed by atoms with van der Waals surface area (Å²) in [6.45, 7) is 1.50. The zero-order chi connectivity index (χ0) is 27.1. The number of oxazole rings is 1. The zero-order valence-corrected chi connectivity index (χ0v) is 20.5. The molecule has 192 valence electrons. The summed E-state index contributed by atoms with van der Waals surface area (Å²) < 4.78 is 77.8. The molecule has 13 heteroatoms. The van der Waals surface area contributed by atoms with Gasteiger partial charge in [0.05, 0.1) is 24.1 Å². The number of methoxy groups -OCH3 is 1. The van der Waals surface area contributed by atoms with Crippen LogP contribution >= 0.6 is 0 Å². The molecule has 0 unspecified atom stereocenters. The standard InChI is InChI=1S/C24H19F3N4O5S/c1-5-9-16(35-3)19-13(2)36-22(29-19)18-15(12-37(4,33)34)28-21-17(14-10-7-6-8-11-14)20(24(25,26)27)30-31(21)23(18)32/h1,6-11,28H,12H2,2-4H3/b16-9+. The fourth-order valence-electron chi connectivity index (χ4n) is 3.82. The highest BCUT2D eigenvalue weighted by Gasteiger charge is 2.40. The van der Waals surface area contributed by atoms with Gasteiger partial charge in [-0.15, -0.1) is 6.42 Å². The molecule has 0 aliphatic carbocycles. The zero-order valence-electron chi connectivity index (χ0n) is 19.7. The monoisotopic (exact) mass is 532 g/mol. The van der Waals surface area contributed by atoms with Crippen molar-refractivity contribution in [2.45, 2.75) is 18.9 Å². The molecule has 1 N–H and O–H groups in total. The third-order valence-corrected chi connectivity index (χ3v) is 6.09. The lowest BCUT2D eigenvalue weighted by atomic mass is 10.1. The fourth-order valence-corrected chi connectivity index (χ4v) is 4.56. The Hall–Kier alpha value is -4.31. The van der Waals surface area contributed by atoms with E-state index in [4.69, 9.17) is 15.6 Å². The van der Waals surface area contributed by atoms with Crippen molar-refractivity contribution in [2.24, 2.45) is 0 Å². The summed E-state index contributed by atoms with van der Waals surface area (Å²) in [5.74, 6) is 1.50. The number of nitrogens with one attached hydrogen (secondary N) is 1. The Morgan fingerprint density at radius 1 is 1.27 bits per heavy atom. The van der Waals surface area contributed by atoms with Crippen LogP contribution < -0.4 is 5.56 Å². The average molecular weight is 533 g/mol. The first kappa shape index (κ1) is 25.8. The lowest BCUT2D eigenvalue weighted by Gasteiger charge is -2.09. The quantitative estimate of drug-likeness (QED) is 0.296. The van der Waals surface area contributed by atoms with E-state index in [1.54, 1.807) is 6.07 Å². The number of rotatable bonds is 6. The number of ether oxygens (including phenoxy) is 1. The molecule has 0 spiro atoms. The van der Waals surface area contributed by atoms with Crippen molar-refractivity contribution in [3.63, 3.8) is 0 Å². The van der Waals surface area contributed by atoms with Gasteiger partial charge in [0.2, 0.25) is 5.89 Å². The van der Waals surface area contributed by atoms with Crippen LogP contribution in [0.3, 0.4) is 0 Å². The predicted molar refractivity (Wildman–Crippen MR) is 129 cm³/mol. The van der Waals surface area contributed by atoms with Gasteiger partial charge < -0.3 is 14.1 Å². The van der Waals surface area contributed by atoms with Gasteiger partial charge in [0, 0.05) is 12.3 Å². The average Bonchev–Trinajstić information content (AvgIpc) is 3.38. The first-order valence-corrected chi connectivity index (χ1v) is 12.6. The molecule has 0 amide bonds. The summed E-state index contributed by atoms with van der Waals surface area (Å²) >= 11 is 0. The Morgan fingerprint density at radius 3 is 2.51 bits per heavy atom. The van der Waals surface area contributed by atoms with Gasteiger partial charge in [-0.1, -0.05) is 36.3 Å². The van der Waals surface area contributed by atoms with E-state index in [2.05, 4.69) is 21.0 Å². The summed E-state index contributed by atoms with van der Waals surface area (Å²) in [7, 11) is -2.45. The number of hydrogen-bond acceptors (Lipinski definition) is 7. The summed E-state index contributed by atoms with van der Waals surface area (Å²) in [5.41, 5.74) is -3.50. The highest BCUT2D eigenvalue weighted by Crippen LogP contribution is 2.38. The number of aryl methyl sites for hydroxylation is 1. The van der Waals surface area contributed by atoms with Crippen molar-refractivity contribution >= 4 is 21.2 Å². The largest absolute Gasteiger partial charge is 0.494 e. The molecule has 0 atom stereocenters. The van der Waals surface area contributed by atoms with E-state index in [1.807, 2.05) is 0 Å². The molecule has 0 bridgehead atoms. The minimum Gasteiger partial charge on any atom is -0.494 e. The van der Waals surface area contributed by atoms with Gasteiger partial charge in [0.15, 0.2) is 21.3 Å². The number of allylic oxidation sites excluding steroid dienone is 1. The van der Waals surface area contributed by atoms with Crippen LogP contribution in [-0.4, -0.2) is 41.4 Å². The first-order valence-electron chi connectivity index (χ1n) is 10.5. The minimum atomic E-state index is -4.92. The number of halogens is 3. The Balaban J connectivity index is 2.11. The van der Waals surface area contributed by atoms with Crippen LogP contribution in [-0.2, 0) is 26.5 Å². The normalized spacial score (nSPS) is 12.6. The molecule has 0 aliphatic rings. The number of fused-ring (bicyclic) bond motifs is 1. The van der Waals surface area contributed by atoms with Crippen molar-refractivity contribution in [3.8, 4) is 34.9 Å². The number of nitrogens with zero attached hydrogens (tertiary/aromatic N) is 3. The number of hydrogen-bond donors (Lipinski definition) is 1. The van der Waals surface area contributed by atoms with E-state index >= 15 is 0 Å². The number of H-pyrrole nitrogens is 1. The summed E-state index contributed by atoms with van der Waals surface area (Å²) in [4.78, 5) is 20.5. The van der Waals surface area contributed by atoms with Gasteiger partial charge in [0.1, 0.15) is 22.7 Å². The van der Waals surface area contributed by atoms with E-state index in [0.717, 1.165) is 6.26 Å². The number of aromatic nitrogens is 4. The number of terminal acetylenes is 1. The molecule has 4 rings (SSSR count). The van der Waals surface area contributed by atoms with Gasteiger partial charge in [-0.2, -0.15) is 22.8 Å². The second kappa shape index (κ2) is 9.29. The molecular weight excluding hydrogens is 513 g/mol. The molecule has 0 fully saturated rings. The van der Waals surface area contributed by atoms with Crippen LogP contribution in [0, 0.1) is 19.3 Å². The van der Waals surface area contributed by atoms with Gasteiger partial charge in [-0.05, 0) is 12.5 Å². The molecule has 1 aromatic carbocycles. The van der Waals surface area contributed by atoms with Crippen LogP contribution in [0.15, 0.2) is 45.6 Å². The Bertz CT molecular complexity index is 1740. The lowest BCUT2D eigenvalue weighted by Crippen LogP contribution is -2.22. The number of alkyl halides is 3. The second-order valence-electron chi connectivity index (χ2n) is 8.00. The van der Waals surface area contributed by atoms with Crippen molar-refractivity contribution in [3.05, 3.63) is 69.6 Å². The number of sulfone groups is 1. The minimum absolute atomic E-state index is 0.122. The second-order valence-corrected chi connectivity index (χ2v) is 10.1. The van der Waals surface area contributed by atoms with E-state index in [9.17, 15) is 26.4 Å². The predicted octanol–water partition coefficient (Wildman–Crippen LogP) is 3.84. The first-order chi connectivity index (χ1) is 17.4. The third kappa shape index (κ3) is 4.88. The SMILES string of the molecule is C#C/C=C(/OC)c1nc(-c2c(CS(C)(=O)=O)[nH]c3c(-c4ccccc4)c(C(F)(F)F)nn3c2=O)oc1C. The summed E-state index contributed by atoms with van der Waals surface area (Å²) in [5, 5.41) is 3.56. The highest BCUT2D eigenvalue weighted by atomic mass is 32.2. The Morgan fingerprint density at radius 2 is 1.95 bits per heavy atom. The van der Waals surface area contributed by atoms with Crippen molar-refractivity contribution in [1.82, 2.24) is 19.6 Å². The topological polar surface area (TPSA) is 120 Å². The maximum Gasteiger partial charge on any atom is 0.435 e. The van der Waals surface area contributed by atoms with E-state index in [0.29, 0.717) is 4.52 Å². The van der Waals surface area contributed by atoms with Gasteiger partial charge >= 0.3 is 6.18 Å². The molecule has 0 saturated carbocycles. The maximum atomic E-state index is 14.0. The molecule has 9 nitrogen and oxygen atoms in total. The number of aromatic amines is 1. The van der Waals surface area contributed by atoms with Crippen LogP contribution in [0.1, 0.15) is 22.8 Å². The Kier molecular flexibility index (Phi) is 6.47. The van der Waals surface area contributed by atoms with Gasteiger partial charge in [-0.25, -0.2) is 13.4 Å². The smallest absolute Gasteiger partial charge is 0.435 e. The lowest BCUT2D eigenvalue weighted by molar-refractivity contribution is -0.140. The molecular formula is C24H19F3N4O5S. The molecule has 4 aromatic rings. The molecule has 3 heterocycles. The summed E-state index contributed by atoms with van der Waals surface area (Å²) in [6.07, 6.45) is 2.55. The maximum absolute atomic E-state index is 14.0. The van der Waals surface area contributed by atoms with Gasteiger partial charge in [-0.3, -0.25) is 4.79 Å². The number of benzene rings is 1. The van der Waals surface area contributed by atoms with Crippen LogP contribution in [0.5, 0.6) is 0 Å². The summed E-state index contributed by atoms with van der Waals surface area (Å²) in [6, 6.07) is 7.50. The van der Waals surface area contributed by atoms with Crippen LogP contribution in [0.4, 0.5) is 13.2 Å². The van der Waals surface area contributed by atoms with Crippen molar-refractivity contribution in [2.75, 3.05) is 13.4 Å². The van der Waals surface area contributed by atoms with Crippen LogP contribution in [0.2, 0.25) is 0 Å². The molecule has 3 aromatic heterocycles. The van der Waals surface area contributed by atoms with Gasteiger partial charge in [0.25, 0.3) is 5.56 Å². The van der Waals surface area contributed by atoms with Crippen LogP contribution in [0.25, 0.3) is 34.0 Å². The molecule has 37 heavy (non-hydrogen) atoms. The van der Waals surface area contributed by atoms with E-state index in [-0.39, 0.29) is 40.0 Å². The molecule has 0 radical (unpaired) electrons. The Labute approximate surface area is 208 Å². The third-order valence-electron chi connectivity index (χ3n) is 5.28. The highest BCUT2D eigenvalue weighted by molar-refractivity contribution is 7.89. The van der Waals surface area contributed by atoms with Crippen molar-refractivity contribution < 1.29 is 30.7 Å². The molecule has 0 aliphatic heterocycles. The fraction of sp³-hybridized carbons (Fsp3) is 0.208. The van der Waals surface area contributed by atoms with E-state index in [1.165, 1.54) is 44.4 Å². The molecule has 0 saturated heterocycles. The van der Waals surface area contributed by atoms with E-state index < -0.39 is 44.1 Å². The van der Waals surface area contributed by atoms with Crippen molar-refractivity contribution in [1.29, 1.82) is 0 Å².